The Morgan fingerprint density at radius 3 is 1.00 bits per heavy atom. The normalized spacial score (nSPS) is 7.20. The molecule has 0 aliphatic rings. The first-order valence-corrected chi connectivity index (χ1v) is 1.96. The average Bonchev–Trinajstić information content (AvgIpc) is 0.811. The van der Waals surface area contributed by atoms with Crippen LogP contribution in [0, 0.1) is 6.15 Å². The summed E-state index contributed by atoms with van der Waals surface area (Å²) in [7, 11) is 0. The van der Waals surface area contributed by atoms with Crippen LogP contribution in [0.1, 0.15) is 0 Å². The van der Waals surface area contributed by atoms with E-state index < -0.39 is 4.30 Å². The van der Waals surface area contributed by atoms with Gasteiger partial charge in [0.25, 0.3) is 0 Å². The third-order valence-corrected chi connectivity index (χ3v) is 0. The second-order valence-electron chi connectivity index (χ2n) is 0.247. The molecule has 0 atom stereocenters. The molecular formula is CHCl3He. The number of alkyl halides is 3. The maximum Gasteiger partial charge on any atom is 0.180 e. The molecule has 28 valence electrons. The molecule has 0 saturated heterocycles. The third-order valence-electron chi connectivity index (χ3n) is 0. The fourth-order valence-electron chi connectivity index (χ4n) is 0. The predicted octanol–water partition coefficient (Wildman–Crippen LogP) is 1.99. The molecule has 0 saturated carbocycles. The van der Waals surface area contributed by atoms with Gasteiger partial charge in [-0.1, -0.05) is 34.8 Å². The molecule has 4 heteroatoms. The summed E-state index contributed by atoms with van der Waals surface area (Å²) in [6.07, 6.45) is 0. The molecule has 0 nitrogen and oxygen atoms in total. The SMILES string of the molecule is ClC(Cl)Cl.[He]. The zero-order valence-electron chi connectivity index (χ0n) is 2.42. The summed E-state index contributed by atoms with van der Waals surface area (Å²) in [4.78, 5) is 0. The first-order valence-electron chi connectivity index (χ1n) is 0.655. The van der Waals surface area contributed by atoms with Crippen LogP contribution >= 0.6 is 34.8 Å². The first kappa shape index (κ1) is 9.24. The molecular weight excluding hydrogens is 122 g/mol. The molecule has 0 unspecified atom stereocenters. The van der Waals surface area contributed by atoms with Crippen molar-refractivity contribution in [3.63, 3.8) is 0 Å². The Kier molecular flexibility index (Phi) is 8.83. The van der Waals surface area contributed by atoms with Crippen molar-refractivity contribution in [2.45, 2.75) is 4.30 Å². The Morgan fingerprint density at radius 2 is 1.00 bits per heavy atom. The minimum Gasteiger partial charge on any atom is -0.0874 e. The molecule has 0 N–H and O–H groups in total. The van der Waals surface area contributed by atoms with Gasteiger partial charge in [-0.15, -0.1) is 0 Å². The fraction of sp³-hybridized carbons (Fsp3) is 1.00. The van der Waals surface area contributed by atoms with Gasteiger partial charge in [-0.2, -0.15) is 0 Å². The minimum atomic E-state index is -0.750. The second kappa shape index (κ2) is 4.78. The molecule has 0 aromatic carbocycles. The predicted molar refractivity (Wildman–Crippen MR) is 21.3 cm³/mol. The molecule has 0 rings (SSSR count). The minimum absolute atomic E-state index is 0. The monoisotopic (exact) mass is 122 g/mol. The molecule has 5 heavy (non-hydrogen) atoms. The van der Waals surface area contributed by atoms with E-state index in [4.69, 9.17) is 34.8 Å². The average molecular weight is 123 g/mol. The van der Waals surface area contributed by atoms with Crippen molar-refractivity contribution in [3.8, 4) is 0 Å². The second-order valence-corrected chi connectivity index (χ2v) is 2.23. The maximum atomic E-state index is 4.81. The molecule has 0 aromatic heterocycles. The standard InChI is InChI=1S/CHCl3.He/c2-1(3)4;/h1H;. The van der Waals surface area contributed by atoms with Gasteiger partial charge < -0.3 is 0 Å². The molecule has 0 aromatic rings. The summed E-state index contributed by atoms with van der Waals surface area (Å²) >= 11 is 14.4. The molecule has 0 fully saturated rings. The van der Waals surface area contributed by atoms with Crippen LogP contribution < -0.4 is 0 Å². The van der Waals surface area contributed by atoms with Crippen molar-refractivity contribution in [2.24, 2.45) is 0 Å². The van der Waals surface area contributed by atoms with Crippen LogP contribution in [-0.2, 0) is 0 Å². The van der Waals surface area contributed by atoms with Crippen molar-refractivity contribution in [1.29, 1.82) is 0 Å². The van der Waals surface area contributed by atoms with E-state index in [1.807, 2.05) is 0 Å². The van der Waals surface area contributed by atoms with E-state index in [2.05, 4.69) is 0 Å². The van der Waals surface area contributed by atoms with Gasteiger partial charge in [0.1, 0.15) is 0 Å². The van der Waals surface area contributed by atoms with Gasteiger partial charge in [0.2, 0.25) is 0 Å². The van der Waals surface area contributed by atoms with E-state index in [1.54, 1.807) is 0 Å². The molecule has 0 heterocycles. The van der Waals surface area contributed by atoms with Gasteiger partial charge in [0.15, 0.2) is 4.30 Å². The zero-order chi connectivity index (χ0) is 3.58. The topological polar surface area (TPSA) is 0 Å². The molecule has 0 amide bonds. The maximum absolute atomic E-state index is 4.81. The molecule has 0 aliphatic carbocycles. The summed E-state index contributed by atoms with van der Waals surface area (Å²) in [6, 6.07) is 0. The number of halogens is 3. The molecule has 0 bridgehead atoms. The van der Waals surface area contributed by atoms with Crippen molar-refractivity contribution in [2.75, 3.05) is 0 Å². The van der Waals surface area contributed by atoms with Crippen LogP contribution in [0.15, 0.2) is 0 Å². The van der Waals surface area contributed by atoms with Gasteiger partial charge in [-0.05, 0) is 0 Å². The van der Waals surface area contributed by atoms with Gasteiger partial charge in [-0.3, -0.25) is 0 Å². The Bertz CT molecular complexity index is 11.6. The van der Waals surface area contributed by atoms with E-state index in [1.165, 1.54) is 0 Å². The summed E-state index contributed by atoms with van der Waals surface area (Å²) < 4.78 is -0.750. The van der Waals surface area contributed by atoms with Crippen molar-refractivity contribution < 1.29 is 6.15 Å². The van der Waals surface area contributed by atoms with Gasteiger partial charge in [0.05, 0.1) is 0 Å². The summed E-state index contributed by atoms with van der Waals surface area (Å²) in [6.45, 7) is 0. The fourth-order valence-corrected chi connectivity index (χ4v) is 0. The third kappa shape index (κ3) is 60.8. The molecule has 0 spiro atoms. The Balaban J connectivity index is 0. The summed E-state index contributed by atoms with van der Waals surface area (Å²) in [5.41, 5.74) is 0. The van der Waals surface area contributed by atoms with E-state index in [0.717, 1.165) is 0 Å². The Morgan fingerprint density at radius 1 is 1.00 bits per heavy atom. The molecule has 0 aliphatic heterocycles. The van der Waals surface area contributed by atoms with Crippen LogP contribution in [0.4, 0.5) is 0 Å². The number of rotatable bonds is 0. The summed E-state index contributed by atoms with van der Waals surface area (Å²) in [5.74, 6) is 0. The van der Waals surface area contributed by atoms with Gasteiger partial charge in [-0.25, -0.2) is 0 Å². The zero-order valence-corrected chi connectivity index (χ0v) is 4.69. The van der Waals surface area contributed by atoms with Crippen molar-refractivity contribution >= 4 is 34.8 Å². The van der Waals surface area contributed by atoms with Crippen molar-refractivity contribution in [3.05, 3.63) is 0 Å². The van der Waals surface area contributed by atoms with Crippen LogP contribution in [0.3, 0.4) is 0 Å². The largest absolute Gasteiger partial charge is 0.180 e. The van der Waals surface area contributed by atoms with E-state index >= 15 is 0 Å². The number of hydrogen-bond acceptors (Lipinski definition) is 0. The van der Waals surface area contributed by atoms with Gasteiger partial charge >= 0.3 is 0 Å². The van der Waals surface area contributed by atoms with Crippen LogP contribution in [0.25, 0.3) is 0 Å². The van der Waals surface area contributed by atoms with Gasteiger partial charge in [0, 0.05) is 6.15 Å². The molecule has 0 radical (unpaired) electrons. The summed E-state index contributed by atoms with van der Waals surface area (Å²) in [5, 5.41) is 0. The van der Waals surface area contributed by atoms with E-state index in [9.17, 15) is 0 Å². The van der Waals surface area contributed by atoms with E-state index in [-0.39, 0.29) is 6.15 Å². The smallest absolute Gasteiger partial charge is 0.0874 e. The number of hydrogen-bond donors (Lipinski definition) is 0. The first-order chi connectivity index (χ1) is 1.73. The Labute approximate surface area is 45.8 Å². The van der Waals surface area contributed by atoms with Crippen molar-refractivity contribution in [1.82, 2.24) is 0 Å². The van der Waals surface area contributed by atoms with Crippen LogP contribution in [0.5, 0.6) is 0 Å². The Hall–Kier alpha value is 0.779. The van der Waals surface area contributed by atoms with Crippen LogP contribution in [0.2, 0.25) is 0 Å². The van der Waals surface area contributed by atoms with Crippen LogP contribution in [-0.4, -0.2) is 4.30 Å². The van der Waals surface area contributed by atoms with E-state index in [0.29, 0.717) is 0 Å². The quantitative estimate of drug-likeness (QED) is 0.432.